The molecule has 5 aromatic carbocycles. The fourth-order valence-electron chi connectivity index (χ4n) is 7.09. The van der Waals surface area contributed by atoms with E-state index >= 15 is 0 Å². The Morgan fingerprint density at radius 1 is 0.811 bits per heavy atom. The second-order valence-electron chi connectivity index (χ2n) is 12.8. The van der Waals surface area contributed by atoms with Crippen molar-refractivity contribution in [1.82, 2.24) is 29.8 Å². The smallest absolute Gasteiger partial charge is 0.205 e. The number of rotatable bonds is 12. The first-order valence-corrected chi connectivity index (χ1v) is 18.7. The largest absolute Gasteiger partial charge is 0.455 e. The van der Waals surface area contributed by atoms with Crippen molar-refractivity contribution >= 4 is 44.8 Å². The molecule has 8 aromatic rings. The molecular formula is C43H34BrClN6O2. The summed E-state index contributed by atoms with van der Waals surface area (Å²) in [6.45, 7) is 2.58. The Labute approximate surface area is 320 Å². The van der Waals surface area contributed by atoms with Crippen LogP contribution in [-0.4, -0.2) is 36.0 Å². The molecule has 53 heavy (non-hydrogen) atoms. The third kappa shape index (κ3) is 6.19. The highest BCUT2D eigenvalue weighted by atomic mass is 79.9. The zero-order chi connectivity index (χ0) is 36.4. The highest BCUT2D eigenvalue weighted by Gasteiger charge is 2.41. The van der Waals surface area contributed by atoms with Gasteiger partial charge in [0.2, 0.25) is 5.82 Å². The molecule has 8 nitrogen and oxygen atoms in total. The molecule has 0 bridgehead atoms. The van der Waals surface area contributed by atoms with Crippen LogP contribution >= 0.6 is 27.5 Å². The number of benzene rings is 5. The van der Waals surface area contributed by atoms with Crippen molar-refractivity contribution in [3.05, 3.63) is 177 Å². The van der Waals surface area contributed by atoms with Crippen LogP contribution in [0.5, 0.6) is 0 Å². The first kappa shape index (κ1) is 34.4. The molecule has 3 aromatic heterocycles. The maximum atomic E-state index is 12.0. The van der Waals surface area contributed by atoms with Crippen molar-refractivity contribution in [2.45, 2.75) is 38.3 Å². The minimum absolute atomic E-state index is 0.231. The number of tetrazole rings is 1. The average Bonchev–Trinajstić information content (AvgIpc) is 3.91. The minimum atomic E-state index is -0.903. The Hall–Kier alpha value is -5.64. The highest BCUT2D eigenvalue weighted by molar-refractivity contribution is 9.10. The maximum absolute atomic E-state index is 12.0. The molecule has 0 aliphatic rings. The SMILES string of the molecule is CCCCc1nc(Cl)c(C=O)n1Cc1ccc2oc(-c3ccccc3-c3nnn(C(c4ccccc4)(c4ccccc4)c4ccccc4)n3)c(Br)c2c1. The Morgan fingerprint density at radius 3 is 2.02 bits per heavy atom. The number of hydrogen-bond acceptors (Lipinski definition) is 6. The molecule has 0 atom stereocenters. The minimum Gasteiger partial charge on any atom is -0.455 e. The quantitative estimate of drug-likeness (QED) is 0.0905. The second kappa shape index (κ2) is 14.8. The van der Waals surface area contributed by atoms with Crippen LogP contribution in [0.25, 0.3) is 33.7 Å². The Morgan fingerprint density at radius 2 is 1.42 bits per heavy atom. The second-order valence-corrected chi connectivity index (χ2v) is 14.0. The van der Waals surface area contributed by atoms with Gasteiger partial charge in [0, 0.05) is 29.5 Å². The number of aryl methyl sites for hydroxylation is 1. The molecule has 8 rings (SSSR count). The predicted molar refractivity (Wildman–Crippen MR) is 211 cm³/mol. The average molecular weight is 782 g/mol. The Kier molecular flexibility index (Phi) is 9.60. The van der Waals surface area contributed by atoms with Gasteiger partial charge in [0.05, 0.1) is 4.47 Å². The van der Waals surface area contributed by atoms with E-state index in [1.807, 2.05) is 95.6 Å². The maximum Gasteiger partial charge on any atom is 0.205 e. The summed E-state index contributed by atoms with van der Waals surface area (Å²) in [5.41, 5.74) is 5.76. The molecular weight excluding hydrogens is 748 g/mol. The molecule has 0 radical (unpaired) electrons. The van der Waals surface area contributed by atoms with Gasteiger partial charge in [-0.2, -0.15) is 0 Å². The first-order chi connectivity index (χ1) is 26.0. The van der Waals surface area contributed by atoms with Gasteiger partial charge in [-0.15, -0.1) is 15.0 Å². The van der Waals surface area contributed by atoms with Crippen molar-refractivity contribution in [1.29, 1.82) is 0 Å². The van der Waals surface area contributed by atoms with Gasteiger partial charge in [-0.1, -0.05) is 146 Å². The molecule has 0 aliphatic heterocycles. The summed E-state index contributed by atoms with van der Waals surface area (Å²) in [5.74, 6) is 1.91. The number of imidazole rings is 1. The van der Waals surface area contributed by atoms with Gasteiger partial charge in [0.15, 0.2) is 17.0 Å². The monoisotopic (exact) mass is 780 g/mol. The summed E-state index contributed by atoms with van der Waals surface area (Å²) in [6, 6.07) is 44.8. The molecule has 0 spiro atoms. The number of nitrogens with zero attached hydrogens (tertiary/aromatic N) is 6. The van der Waals surface area contributed by atoms with Gasteiger partial charge >= 0.3 is 0 Å². The standard InChI is InChI=1S/C43H34BrClN6O2/c1-2-3-23-38-46-41(45)36(28-52)50(38)27-29-24-25-37-35(26-29)39(44)40(53-37)33-21-13-14-22-34(33)42-47-49-51(48-42)43(30-15-7-4-8-16-30,31-17-9-5-10-18-31)32-19-11-6-12-20-32/h4-22,24-26,28H,2-3,23,27H2,1H3. The van der Waals surface area contributed by atoms with Crippen LogP contribution in [0.15, 0.2) is 142 Å². The van der Waals surface area contributed by atoms with Crippen LogP contribution in [0.1, 0.15) is 58.3 Å². The van der Waals surface area contributed by atoms with Gasteiger partial charge < -0.3 is 8.98 Å². The first-order valence-electron chi connectivity index (χ1n) is 17.5. The lowest BCUT2D eigenvalue weighted by Gasteiger charge is -2.34. The van der Waals surface area contributed by atoms with Crippen molar-refractivity contribution in [2.24, 2.45) is 0 Å². The van der Waals surface area contributed by atoms with Crippen LogP contribution in [0.2, 0.25) is 5.15 Å². The number of fused-ring (bicyclic) bond motifs is 1. The number of furan rings is 1. The van der Waals surface area contributed by atoms with E-state index in [1.54, 1.807) is 4.80 Å². The fourth-order valence-corrected chi connectivity index (χ4v) is 7.94. The zero-order valence-corrected chi connectivity index (χ0v) is 31.2. The summed E-state index contributed by atoms with van der Waals surface area (Å²) in [7, 11) is 0. The van der Waals surface area contributed by atoms with Crippen LogP contribution < -0.4 is 0 Å². The molecule has 3 heterocycles. The molecule has 262 valence electrons. The van der Waals surface area contributed by atoms with Crippen LogP contribution in [0.4, 0.5) is 0 Å². The Bertz CT molecular complexity index is 2430. The van der Waals surface area contributed by atoms with Crippen molar-refractivity contribution < 1.29 is 9.21 Å². The summed E-state index contributed by atoms with van der Waals surface area (Å²) in [4.78, 5) is 18.2. The summed E-state index contributed by atoms with van der Waals surface area (Å²) < 4.78 is 9.24. The van der Waals surface area contributed by atoms with Crippen molar-refractivity contribution in [3.63, 3.8) is 0 Å². The van der Waals surface area contributed by atoms with Gasteiger partial charge in [-0.05, 0) is 62.0 Å². The normalized spacial score (nSPS) is 11.7. The third-order valence-corrected chi connectivity index (χ3v) is 10.7. The van der Waals surface area contributed by atoms with E-state index in [2.05, 4.69) is 70.3 Å². The van der Waals surface area contributed by atoms with E-state index in [9.17, 15) is 4.79 Å². The van der Waals surface area contributed by atoms with E-state index in [0.717, 1.165) is 74.6 Å². The number of carbonyl (C=O) groups excluding carboxylic acids is 1. The molecule has 0 N–H and O–H groups in total. The number of carbonyl (C=O) groups is 1. The summed E-state index contributed by atoms with van der Waals surface area (Å²) >= 11 is 10.2. The van der Waals surface area contributed by atoms with Crippen molar-refractivity contribution in [3.8, 4) is 22.7 Å². The molecule has 0 amide bonds. The molecule has 10 heteroatoms. The van der Waals surface area contributed by atoms with E-state index in [0.29, 0.717) is 29.4 Å². The van der Waals surface area contributed by atoms with Gasteiger partial charge in [-0.3, -0.25) is 4.79 Å². The number of unbranched alkanes of at least 4 members (excludes halogenated alkanes) is 1. The van der Waals surface area contributed by atoms with E-state index in [1.165, 1.54) is 0 Å². The lowest BCUT2D eigenvalue weighted by Crippen LogP contribution is -2.39. The third-order valence-electron chi connectivity index (χ3n) is 9.64. The number of aldehydes is 1. The van der Waals surface area contributed by atoms with E-state index in [4.69, 9.17) is 31.4 Å². The number of aromatic nitrogens is 6. The van der Waals surface area contributed by atoms with E-state index in [-0.39, 0.29) is 5.15 Å². The number of hydrogen-bond donors (Lipinski definition) is 0. The van der Waals surface area contributed by atoms with Crippen molar-refractivity contribution in [2.75, 3.05) is 0 Å². The fraction of sp³-hybridized carbons (Fsp3) is 0.140. The van der Waals surface area contributed by atoms with Gasteiger partial charge in [-0.25, -0.2) is 4.98 Å². The highest BCUT2D eigenvalue weighted by Crippen LogP contribution is 2.43. The number of halogens is 2. The molecule has 0 aliphatic carbocycles. The zero-order valence-electron chi connectivity index (χ0n) is 28.9. The lowest BCUT2D eigenvalue weighted by molar-refractivity contribution is 0.111. The lowest BCUT2D eigenvalue weighted by atomic mass is 9.77. The van der Waals surface area contributed by atoms with Crippen LogP contribution in [0.3, 0.4) is 0 Å². The Balaban J connectivity index is 1.22. The molecule has 0 saturated heterocycles. The van der Waals surface area contributed by atoms with Gasteiger partial charge in [0.25, 0.3) is 0 Å². The molecule has 0 unspecified atom stereocenters. The molecule has 0 saturated carbocycles. The van der Waals surface area contributed by atoms with Gasteiger partial charge in [0.1, 0.15) is 22.9 Å². The summed E-state index contributed by atoms with van der Waals surface area (Å²) in [5, 5.41) is 15.7. The summed E-state index contributed by atoms with van der Waals surface area (Å²) in [6.07, 6.45) is 3.48. The van der Waals surface area contributed by atoms with Crippen LogP contribution in [-0.2, 0) is 18.5 Å². The topological polar surface area (TPSA) is 91.6 Å². The molecule has 0 fully saturated rings. The van der Waals surface area contributed by atoms with E-state index < -0.39 is 5.54 Å². The predicted octanol–water partition coefficient (Wildman–Crippen LogP) is 10.4. The van der Waals surface area contributed by atoms with Crippen LogP contribution in [0, 0.1) is 0 Å².